The molecule has 0 aromatic heterocycles. The van der Waals surface area contributed by atoms with Crippen LogP contribution in [0.4, 0.5) is 0 Å². The Labute approximate surface area is 91.4 Å². The largest absolute Gasteiger partial charge is 0.490 e. The van der Waals surface area contributed by atoms with Gasteiger partial charge in [0.05, 0.1) is 0 Å². The molecule has 0 saturated heterocycles. The average Bonchev–Trinajstić information content (AvgIpc) is 2.65. The Morgan fingerprint density at radius 1 is 1.33 bits per heavy atom. The molecule has 1 aliphatic rings. The van der Waals surface area contributed by atoms with Gasteiger partial charge in [-0.1, -0.05) is 25.1 Å². The van der Waals surface area contributed by atoms with E-state index in [4.69, 9.17) is 10.5 Å². The zero-order chi connectivity index (χ0) is 10.7. The molecule has 2 N–H and O–H groups in total. The zero-order valence-electron chi connectivity index (χ0n) is 9.28. The topological polar surface area (TPSA) is 35.2 Å². The molecule has 0 heterocycles. The van der Waals surface area contributed by atoms with Gasteiger partial charge in [0.2, 0.25) is 0 Å². The van der Waals surface area contributed by atoms with Crippen LogP contribution in [-0.2, 0) is 6.42 Å². The quantitative estimate of drug-likeness (QED) is 0.823. The standard InChI is InChI=1S/C13H19NO/c1-2-10-5-3-4-6-13(10)15-12-8-7-11(14)9-12/h3-6,11-12H,2,7-9,14H2,1H3. The fourth-order valence-corrected chi connectivity index (χ4v) is 2.17. The van der Waals surface area contributed by atoms with Crippen LogP contribution in [0.15, 0.2) is 24.3 Å². The highest BCUT2D eigenvalue weighted by Gasteiger charge is 2.23. The van der Waals surface area contributed by atoms with Crippen LogP contribution in [0.3, 0.4) is 0 Å². The third kappa shape index (κ3) is 2.51. The lowest BCUT2D eigenvalue weighted by molar-refractivity contribution is 0.206. The van der Waals surface area contributed by atoms with Gasteiger partial charge in [-0.05, 0) is 37.3 Å². The van der Waals surface area contributed by atoms with Crippen LogP contribution >= 0.6 is 0 Å². The van der Waals surface area contributed by atoms with Crippen molar-refractivity contribution in [1.29, 1.82) is 0 Å². The monoisotopic (exact) mass is 205 g/mol. The van der Waals surface area contributed by atoms with Gasteiger partial charge in [-0.15, -0.1) is 0 Å². The molecular formula is C13H19NO. The molecule has 1 fully saturated rings. The minimum atomic E-state index is 0.327. The summed E-state index contributed by atoms with van der Waals surface area (Å²) in [6, 6.07) is 8.62. The van der Waals surface area contributed by atoms with Gasteiger partial charge in [0, 0.05) is 6.04 Å². The number of benzene rings is 1. The first-order valence-corrected chi connectivity index (χ1v) is 5.79. The maximum absolute atomic E-state index is 5.99. The van der Waals surface area contributed by atoms with E-state index in [-0.39, 0.29) is 0 Å². The minimum absolute atomic E-state index is 0.327. The summed E-state index contributed by atoms with van der Waals surface area (Å²) in [6.45, 7) is 2.16. The highest BCUT2D eigenvalue weighted by atomic mass is 16.5. The molecule has 2 nitrogen and oxygen atoms in total. The van der Waals surface area contributed by atoms with Gasteiger partial charge in [0.15, 0.2) is 0 Å². The van der Waals surface area contributed by atoms with E-state index < -0.39 is 0 Å². The summed E-state index contributed by atoms with van der Waals surface area (Å²) in [5.41, 5.74) is 7.16. The third-order valence-electron chi connectivity index (χ3n) is 3.07. The minimum Gasteiger partial charge on any atom is -0.490 e. The average molecular weight is 205 g/mol. The predicted octanol–water partition coefficient (Wildman–Crippen LogP) is 2.51. The van der Waals surface area contributed by atoms with E-state index in [2.05, 4.69) is 25.1 Å². The second-order valence-electron chi connectivity index (χ2n) is 4.27. The van der Waals surface area contributed by atoms with E-state index in [1.807, 2.05) is 6.07 Å². The van der Waals surface area contributed by atoms with Crippen LogP contribution in [0.25, 0.3) is 0 Å². The van der Waals surface area contributed by atoms with Crippen molar-refractivity contribution in [2.45, 2.75) is 44.8 Å². The summed E-state index contributed by atoms with van der Waals surface area (Å²) >= 11 is 0. The number of hydrogen-bond acceptors (Lipinski definition) is 2. The van der Waals surface area contributed by atoms with Gasteiger partial charge in [0.1, 0.15) is 11.9 Å². The molecule has 15 heavy (non-hydrogen) atoms. The Balaban J connectivity index is 2.04. The molecule has 0 aliphatic heterocycles. The van der Waals surface area contributed by atoms with Crippen LogP contribution in [0.5, 0.6) is 5.75 Å². The lowest BCUT2D eigenvalue weighted by Gasteiger charge is -2.16. The molecule has 0 amide bonds. The number of nitrogens with two attached hydrogens (primary N) is 1. The highest BCUT2D eigenvalue weighted by molar-refractivity contribution is 5.33. The number of rotatable bonds is 3. The first-order chi connectivity index (χ1) is 7.29. The lowest BCUT2D eigenvalue weighted by atomic mass is 10.1. The first-order valence-electron chi connectivity index (χ1n) is 5.79. The van der Waals surface area contributed by atoms with Crippen molar-refractivity contribution >= 4 is 0 Å². The highest BCUT2D eigenvalue weighted by Crippen LogP contribution is 2.26. The Kier molecular flexibility index (Phi) is 3.27. The Hall–Kier alpha value is -1.02. The predicted molar refractivity (Wildman–Crippen MR) is 62.1 cm³/mol. The van der Waals surface area contributed by atoms with E-state index in [1.165, 1.54) is 5.56 Å². The van der Waals surface area contributed by atoms with Crippen molar-refractivity contribution in [3.63, 3.8) is 0 Å². The summed E-state index contributed by atoms with van der Waals surface area (Å²) in [6.07, 6.45) is 4.54. The number of ether oxygens (including phenoxy) is 1. The van der Waals surface area contributed by atoms with Crippen molar-refractivity contribution in [2.24, 2.45) is 5.73 Å². The van der Waals surface area contributed by atoms with Crippen LogP contribution in [0.1, 0.15) is 31.7 Å². The lowest BCUT2D eigenvalue weighted by Crippen LogP contribution is -2.19. The van der Waals surface area contributed by atoms with Crippen molar-refractivity contribution < 1.29 is 4.74 Å². The second-order valence-corrected chi connectivity index (χ2v) is 4.27. The molecule has 2 unspecified atom stereocenters. The Morgan fingerprint density at radius 2 is 2.13 bits per heavy atom. The molecule has 0 radical (unpaired) electrons. The van der Waals surface area contributed by atoms with Crippen LogP contribution in [-0.4, -0.2) is 12.1 Å². The van der Waals surface area contributed by atoms with Crippen LogP contribution in [0.2, 0.25) is 0 Å². The van der Waals surface area contributed by atoms with Gasteiger partial charge in [-0.25, -0.2) is 0 Å². The number of para-hydroxylation sites is 1. The molecule has 82 valence electrons. The maximum atomic E-state index is 5.99. The molecule has 2 rings (SSSR count). The Bertz CT molecular complexity index is 324. The fourth-order valence-electron chi connectivity index (χ4n) is 2.17. The third-order valence-corrected chi connectivity index (χ3v) is 3.07. The number of aryl methyl sites for hydroxylation is 1. The normalized spacial score (nSPS) is 25.5. The van der Waals surface area contributed by atoms with Gasteiger partial charge in [0.25, 0.3) is 0 Å². The molecule has 1 aliphatic carbocycles. The van der Waals surface area contributed by atoms with Gasteiger partial charge in [-0.3, -0.25) is 0 Å². The molecule has 0 spiro atoms. The van der Waals surface area contributed by atoms with Crippen molar-refractivity contribution in [3.05, 3.63) is 29.8 Å². The van der Waals surface area contributed by atoms with E-state index in [9.17, 15) is 0 Å². The zero-order valence-corrected chi connectivity index (χ0v) is 9.28. The fraction of sp³-hybridized carbons (Fsp3) is 0.538. The van der Waals surface area contributed by atoms with Crippen molar-refractivity contribution in [2.75, 3.05) is 0 Å². The Morgan fingerprint density at radius 3 is 2.80 bits per heavy atom. The van der Waals surface area contributed by atoms with Crippen LogP contribution in [0, 0.1) is 0 Å². The molecule has 2 heteroatoms. The molecule has 1 saturated carbocycles. The summed E-state index contributed by atoms with van der Waals surface area (Å²) in [5, 5.41) is 0. The van der Waals surface area contributed by atoms with Gasteiger partial charge in [-0.2, -0.15) is 0 Å². The van der Waals surface area contributed by atoms with E-state index in [1.54, 1.807) is 0 Å². The summed E-state index contributed by atoms with van der Waals surface area (Å²) in [5.74, 6) is 1.04. The van der Waals surface area contributed by atoms with Crippen molar-refractivity contribution in [1.82, 2.24) is 0 Å². The smallest absolute Gasteiger partial charge is 0.122 e. The van der Waals surface area contributed by atoms with Crippen LogP contribution < -0.4 is 10.5 Å². The van der Waals surface area contributed by atoms with Gasteiger partial charge >= 0.3 is 0 Å². The first kappa shape index (κ1) is 10.5. The molecule has 2 atom stereocenters. The summed E-state index contributed by atoms with van der Waals surface area (Å²) in [4.78, 5) is 0. The SMILES string of the molecule is CCc1ccccc1OC1CCC(N)C1. The molecule has 1 aromatic rings. The van der Waals surface area contributed by atoms with Crippen molar-refractivity contribution in [3.8, 4) is 5.75 Å². The number of hydrogen-bond donors (Lipinski definition) is 1. The summed E-state index contributed by atoms with van der Waals surface area (Å²) in [7, 11) is 0. The second kappa shape index (κ2) is 4.67. The molecule has 0 bridgehead atoms. The van der Waals surface area contributed by atoms with E-state index >= 15 is 0 Å². The van der Waals surface area contributed by atoms with E-state index in [0.717, 1.165) is 31.4 Å². The van der Waals surface area contributed by atoms with E-state index in [0.29, 0.717) is 12.1 Å². The molecular weight excluding hydrogens is 186 g/mol. The molecule has 1 aromatic carbocycles. The maximum Gasteiger partial charge on any atom is 0.122 e. The van der Waals surface area contributed by atoms with Gasteiger partial charge < -0.3 is 10.5 Å². The summed E-state index contributed by atoms with van der Waals surface area (Å²) < 4.78 is 5.99.